The van der Waals surface area contributed by atoms with Crippen LogP contribution in [0, 0.1) is 0 Å². The second-order valence-electron chi connectivity index (χ2n) is 7.28. The zero-order valence-corrected chi connectivity index (χ0v) is 16.1. The third-order valence-corrected chi connectivity index (χ3v) is 6.38. The molecule has 1 aliphatic heterocycles. The van der Waals surface area contributed by atoms with Crippen LogP contribution in [0.3, 0.4) is 0 Å². The van der Waals surface area contributed by atoms with Gasteiger partial charge in [-0.3, -0.25) is 4.90 Å². The van der Waals surface area contributed by atoms with E-state index < -0.39 is 0 Å². The molecule has 3 aromatic rings. The maximum atomic E-state index is 6.32. The van der Waals surface area contributed by atoms with Gasteiger partial charge in [0, 0.05) is 11.4 Å². The lowest BCUT2D eigenvalue weighted by atomic mass is 9.97. The smallest absolute Gasteiger partial charge is 0.231 e. The number of fused-ring (bicyclic) bond motifs is 4. The lowest BCUT2D eigenvalue weighted by molar-refractivity contribution is 0.174. The quantitative estimate of drug-likeness (QED) is 0.744. The molecule has 0 bridgehead atoms. The van der Waals surface area contributed by atoms with Gasteiger partial charge in [-0.05, 0) is 56.0 Å². The van der Waals surface area contributed by atoms with Crippen molar-refractivity contribution in [2.24, 2.45) is 0 Å². The topological polar surface area (TPSA) is 73.5 Å². The average molecular weight is 382 g/mol. The zero-order chi connectivity index (χ0) is 18.4. The summed E-state index contributed by atoms with van der Waals surface area (Å²) < 4.78 is 10.8. The highest BCUT2D eigenvalue weighted by Gasteiger charge is 2.20. The summed E-state index contributed by atoms with van der Waals surface area (Å²) in [7, 11) is 2.06. The van der Waals surface area contributed by atoms with Gasteiger partial charge in [-0.15, -0.1) is 11.3 Å². The Morgan fingerprint density at radius 3 is 2.89 bits per heavy atom. The first-order valence-electron chi connectivity index (χ1n) is 9.31. The Morgan fingerprint density at radius 1 is 1.11 bits per heavy atom. The molecule has 1 aromatic carbocycles. The number of benzene rings is 1. The van der Waals surface area contributed by atoms with Crippen molar-refractivity contribution < 1.29 is 9.47 Å². The Bertz CT molecular complexity index is 1020. The van der Waals surface area contributed by atoms with E-state index in [1.54, 1.807) is 11.3 Å². The van der Waals surface area contributed by atoms with Gasteiger partial charge in [0.05, 0.1) is 11.9 Å². The summed E-state index contributed by atoms with van der Waals surface area (Å²) in [4.78, 5) is 14.1. The number of hydrogen-bond acceptors (Lipinski definition) is 7. The second-order valence-corrected chi connectivity index (χ2v) is 8.36. The standard InChI is InChI=1S/C20H22N4O2S/c1-24(9-12-6-7-14-15(8-12)26-11-25-14)10-17-22-19(21)18-13-4-2-3-5-16(13)27-20(18)23-17/h6-8H,2-5,9-11H2,1H3,(H2,21,22,23). The SMILES string of the molecule is CN(Cc1ccc2c(c1)OCO2)Cc1nc(N)c2c3c(sc2n1)CCCC3. The first-order chi connectivity index (χ1) is 13.2. The van der Waals surface area contributed by atoms with Crippen LogP contribution < -0.4 is 15.2 Å². The molecule has 0 fully saturated rings. The maximum Gasteiger partial charge on any atom is 0.231 e. The molecule has 2 aromatic heterocycles. The fraction of sp³-hybridized carbons (Fsp3) is 0.400. The van der Waals surface area contributed by atoms with Crippen LogP contribution in [0.15, 0.2) is 18.2 Å². The van der Waals surface area contributed by atoms with Gasteiger partial charge >= 0.3 is 0 Å². The number of aromatic nitrogens is 2. The van der Waals surface area contributed by atoms with E-state index in [0.29, 0.717) is 19.2 Å². The van der Waals surface area contributed by atoms with E-state index in [9.17, 15) is 0 Å². The minimum Gasteiger partial charge on any atom is -0.454 e. The van der Waals surface area contributed by atoms with Crippen LogP contribution in [0.25, 0.3) is 10.2 Å². The minimum absolute atomic E-state index is 0.298. The molecule has 0 atom stereocenters. The molecule has 0 saturated heterocycles. The first kappa shape index (κ1) is 16.8. The van der Waals surface area contributed by atoms with Crippen molar-refractivity contribution in [1.29, 1.82) is 0 Å². The molecule has 6 nitrogen and oxygen atoms in total. The Balaban J connectivity index is 1.36. The molecule has 7 heteroatoms. The van der Waals surface area contributed by atoms with Crippen LogP contribution in [-0.4, -0.2) is 28.7 Å². The van der Waals surface area contributed by atoms with Crippen LogP contribution >= 0.6 is 11.3 Å². The first-order valence-corrected chi connectivity index (χ1v) is 10.1. The fourth-order valence-electron chi connectivity index (χ4n) is 3.95. The van der Waals surface area contributed by atoms with Gasteiger partial charge in [-0.25, -0.2) is 9.97 Å². The molecule has 1 aliphatic carbocycles. The normalized spacial score (nSPS) is 15.5. The lowest BCUT2D eigenvalue weighted by Crippen LogP contribution is -2.19. The molecular formula is C20H22N4O2S. The number of rotatable bonds is 4. The van der Waals surface area contributed by atoms with Crippen molar-refractivity contribution in [1.82, 2.24) is 14.9 Å². The van der Waals surface area contributed by atoms with E-state index in [1.165, 1.54) is 28.8 Å². The molecule has 0 saturated carbocycles. The van der Waals surface area contributed by atoms with E-state index >= 15 is 0 Å². The molecule has 0 amide bonds. The summed E-state index contributed by atoms with van der Waals surface area (Å²) in [6.07, 6.45) is 4.75. The van der Waals surface area contributed by atoms with Gasteiger partial charge in [0.15, 0.2) is 11.5 Å². The summed E-state index contributed by atoms with van der Waals surface area (Å²) in [5.74, 6) is 3.03. The minimum atomic E-state index is 0.298. The van der Waals surface area contributed by atoms with Gasteiger partial charge in [0.1, 0.15) is 16.5 Å². The van der Waals surface area contributed by atoms with E-state index in [-0.39, 0.29) is 0 Å². The molecule has 2 aliphatic rings. The summed E-state index contributed by atoms with van der Waals surface area (Å²) in [5.41, 5.74) is 8.88. The van der Waals surface area contributed by atoms with Gasteiger partial charge in [0.25, 0.3) is 0 Å². The fourth-order valence-corrected chi connectivity index (χ4v) is 5.24. The predicted octanol–water partition coefficient (Wildman–Crippen LogP) is 3.51. The lowest BCUT2D eigenvalue weighted by Gasteiger charge is -2.16. The second kappa shape index (κ2) is 6.65. The molecule has 0 spiro atoms. The van der Waals surface area contributed by atoms with Crippen LogP contribution in [0.5, 0.6) is 11.5 Å². The molecular weight excluding hydrogens is 360 g/mol. The predicted molar refractivity (Wildman–Crippen MR) is 106 cm³/mol. The Hall–Kier alpha value is -2.38. The number of thiophene rings is 1. The molecule has 0 unspecified atom stereocenters. The Kier molecular flexibility index (Phi) is 4.13. The number of anilines is 1. The largest absolute Gasteiger partial charge is 0.454 e. The van der Waals surface area contributed by atoms with Crippen molar-refractivity contribution in [2.75, 3.05) is 19.6 Å². The van der Waals surface area contributed by atoms with Crippen LogP contribution in [-0.2, 0) is 25.9 Å². The van der Waals surface area contributed by atoms with E-state index in [0.717, 1.165) is 46.9 Å². The molecule has 5 rings (SSSR count). The third-order valence-electron chi connectivity index (χ3n) is 5.19. The molecule has 27 heavy (non-hydrogen) atoms. The number of ether oxygens (including phenoxy) is 2. The molecule has 0 radical (unpaired) electrons. The van der Waals surface area contributed by atoms with E-state index in [4.69, 9.17) is 20.2 Å². The van der Waals surface area contributed by atoms with Crippen molar-refractivity contribution in [2.45, 2.75) is 38.8 Å². The van der Waals surface area contributed by atoms with Gasteiger partial charge in [0.2, 0.25) is 6.79 Å². The van der Waals surface area contributed by atoms with E-state index in [1.807, 2.05) is 12.1 Å². The molecule has 2 N–H and O–H groups in total. The van der Waals surface area contributed by atoms with Gasteiger partial charge in [-0.1, -0.05) is 6.07 Å². The zero-order valence-electron chi connectivity index (χ0n) is 15.3. The van der Waals surface area contributed by atoms with Gasteiger partial charge < -0.3 is 15.2 Å². The number of aryl methyl sites for hydroxylation is 2. The van der Waals surface area contributed by atoms with Crippen LogP contribution in [0.2, 0.25) is 0 Å². The summed E-state index contributed by atoms with van der Waals surface area (Å²) in [6, 6.07) is 6.06. The van der Waals surface area contributed by atoms with Gasteiger partial charge in [-0.2, -0.15) is 0 Å². The number of nitrogens with zero attached hydrogens (tertiary/aromatic N) is 3. The van der Waals surface area contributed by atoms with Crippen molar-refractivity contribution >= 4 is 27.4 Å². The Morgan fingerprint density at radius 2 is 1.96 bits per heavy atom. The summed E-state index contributed by atoms with van der Waals surface area (Å²) >= 11 is 1.79. The number of nitrogens with two attached hydrogens (primary N) is 1. The summed E-state index contributed by atoms with van der Waals surface area (Å²) in [6.45, 7) is 1.72. The highest BCUT2D eigenvalue weighted by molar-refractivity contribution is 7.19. The summed E-state index contributed by atoms with van der Waals surface area (Å²) in [5, 5.41) is 1.09. The third kappa shape index (κ3) is 3.11. The van der Waals surface area contributed by atoms with Crippen LogP contribution in [0.1, 0.15) is 34.7 Å². The molecule has 3 heterocycles. The van der Waals surface area contributed by atoms with Crippen molar-refractivity contribution in [3.63, 3.8) is 0 Å². The van der Waals surface area contributed by atoms with Crippen molar-refractivity contribution in [3.8, 4) is 11.5 Å². The average Bonchev–Trinajstić information content (AvgIpc) is 3.24. The van der Waals surface area contributed by atoms with E-state index in [2.05, 4.69) is 23.0 Å². The van der Waals surface area contributed by atoms with Crippen LogP contribution in [0.4, 0.5) is 5.82 Å². The Labute approximate surface area is 161 Å². The highest BCUT2D eigenvalue weighted by atomic mass is 32.1. The number of hydrogen-bond donors (Lipinski definition) is 1. The van der Waals surface area contributed by atoms with Crippen molar-refractivity contribution in [3.05, 3.63) is 40.0 Å². The molecule has 140 valence electrons. The maximum absolute atomic E-state index is 6.32. The highest BCUT2D eigenvalue weighted by Crippen LogP contribution is 2.38. The monoisotopic (exact) mass is 382 g/mol. The number of nitrogen functional groups attached to an aromatic ring is 1.